The molecule has 0 radical (unpaired) electrons. The van der Waals surface area contributed by atoms with Gasteiger partial charge < -0.3 is 14.2 Å². The van der Waals surface area contributed by atoms with Gasteiger partial charge in [0.15, 0.2) is 11.7 Å². The Morgan fingerprint density at radius 1 is 0.917 bits per heavy atom. The maximum atomic E-state index is 14.2. The van der Waals surface area contributed by atoms with Gasteiger partial charge in [0, 0.05) is 0 Å². The van der Waals surface area contributed by atoms with Crippen LogP contribution in [0.5, 0.6) is 0 Å². The fraction of sp³-hybridized carbons (Fsp3) is 0.368. The molecule has 5 heteroatoms. The molecule has 0 aromatic heterocycles. The predicted molar refractivity (Wildman–Crippen MR) is 90.5 cm³/mol. The summed E-state index contributed by atoms with van der Waals surface area (Å²) in [4.78, 5) is 0. The van der Waals surface area contributed by atoms with Gasteiger partial charge in [-0.1, -0.05) is 72.3 Å². The van der Waals surface area contributed by atoms with Gasteiger partial charge in [-0.2, -0.15) is 0 Å². The van der Waals surface area contributed by atoms with Crippen LogP contribution in [0.25, 0.3) is 0 Å². The average Bonchev–Trinajstić information content (AvgIpc) is 2.89. The van der Waals surface area contributed by atoms with E-state index in [9.17, 15) is 4.39 Å². The monoisotopic (exact) mass is 350 g/mol. The van der Waals surface area contributed by atoms with Crippen LogP contribution in [-0.4, -0.2) is 30.5 Å². The van der Waals surface area contributed by atoms with E-state index in [1.165, 1.54) is 0 Å². The van der Waals surface area contributed by atoms with Crippen molar-refractivity contribution < 1.29 is 18.6 Å². The topological polar surface area (TPSA) is 27.7 Å². The van der Waals surface area contributed by atoms with E-state index in [0.717, 1.165) is 11.1 Å². The third-order valence-corrected chi connectivity index (χ3v) is 4.26. The Labute approximate surface area is 146 Å². The fourth-order valence-corrected chi connectivity index (χ4v) is 2.92. The molecule has 2 aromatic rings. The third kappa shape index (κ3) is 4.54. The van der Waals surface area contributed by atoms with E-state index in [0.29, 0.717) is 13.2 Å². The van der Waals surface area contributed by atoms with Crippen molar-refractivity contribution in [3.8, 4) is 0 Å². The fourth-order valence-electron chi connectivity index (χ4n) is 2.64. The van der Waals surface area contributed by atoms with Crippen molar-refractivity contribution in [3.63, 3.8) is 0 Å². The van der Waals surface area contributed by atoms with Gasteiger partial charge in [-0.15, -0.1) is 0 Å². The van der Waals surface area contributed by atoms with E-state index in [4.69, 9.17) is 25.8 Å². The molecule has 0 aliphatic carbocycles. The van der Waals surface area contributed by atoms with E-state index < -0.39 is 23.9 Å². The Hall–Kier alpha value is -1.46. The van der Waals surface area contributed by atoms with Crippen molar-refractivity contribution in [2.24, 2.45) is 0 Å². The molecule has 0 amide bonds. The lowest BCUT2D eigenvalue weighted by atomic mass is 10.1. The second-order valence-electron chi connectivity index (χ2n) is 5.73. The first kappa shape index (κ1) is 17.4. The summed E-state index contributed by atoms with van der Waals surface area (Å²) in [6.45, 7) is 0.988. The maximum absolute atomic E-state index is 14.2. The molecule has 128 valence electrons. The van der Waals surface area contributed by atoms with Gasteiger partial charge in [0.05, 0.1) is 19.8 Å². The lowest BCUT2D eigenvalue weighted by Crippen LogP contribution is -2.34. The highest BCUT2D eigenvalue weighted by molar-refractivity contribution is 6.20. The number of hydrogen-bond acceptors (Lipinski definition) is 3. The molecule has 4 atom stereocenters. The van der Waals surface area contributed by atoms with Crippen LogP contribution < -0.4 is 0 Å². The van der Waals surface area contributed by atoms with E-state index in [1.807, 2.05) is 60.7 Å². The summed E-state index contributed by atoms with van der Waals surface area (Å²) in [5.74, 6) is 0. The molecule has 1 aliphatic heterocycles. The molecule has 0 saturated carbocycles. The maximum Gasteiger partial charge on any atom is 0.169 e. The van der Waals surface area contributed by atoms with Gasteiger partial charge in [-0.05, 0) is 11.1 Å². The van der Waals surface area contributed by atoms with Gasteiger partial charge in [-0.25, -0.2) is 4.39 Å². The molecule has 1 fully saturated rings. The zero-order chi connectivity index (χ0) is 16.8. The van der Waals surface area contributed by atoms with Crippen LogP contribution in [-0.2, 0) is 27.4 Å². The summed E-state index contributed by atoms with van der Waals surface area (Å²) >= 11 is 5.90. The smallest absolute Gasteiger partial charge is 0.169 e. The van der Waals surface area contributed by atoms with Crippen LogP contribution in [0.4, 0.5) is 4.39 Å². The quantitative estimate of drug-likeness (QED) is 0.704. The molecule has 0 bridgehead atoms. The molecular formula is C19H20ClFO3. The molecule has 2 unspecified atom stereocenters. The molecular weight excluding hydrogens is 331 g/mol. The number of benzene rings is 2. The summed E-state index contributed by atoms with van der Waals surface area (Å²) in [5, 5.41) is 0. The Bertz CT molecular complexity index is 611. The minimum atomic E-state index is -1.37. The molecule has 24 heavy (non-hydrogen) atoms. The first-order valence-corrected chi connectivity index (χ1v) is 8.38. The normalized spacial score (nSPS) is 26.6. The number of ether oxygens (including phenoxy) is 3. The summed E-state index contributed by atoms with van der Waals surface area (Å²) < 4.78 is 31.1. The number of halogens is 2. The van der Waals surface area contributed by atoms with E-state index in [-0.39, 0.29) is 6.61 Å². The van der Waals surface area contributed by atoms with Crippen molar-refractivity contribution in [2.45, 2.75) is 37.2 Å². The van der Waals surface area contributed by atoms with Gasteiger partial charge >= 0.3 is 0 Å². The van der Waals surface area contributed by atoms with Crippen molar-refractivity contribution >= 4 is 11.6 Å². The van der Waals surface area contributed by atoms with Gasteiger partial charge in [-0.3, -0.25) is 0 Å². The van der Waals surface area contributed by atoms with Gasteiger partial charge in [0.2, 0.25) is 0 Å². The molecule has 2 aromatic carbocycles. The molecule has 1 heterocycles. The summed E-state index contributed by atoms with van der Waals surface area (Å²) in [6.07, 6.45) is -2.63. The first-order valence-electron chi connectivity index (χ1n) is 7.95. The zero-order valence-electron chi connectivity index (χ0n) is 13.2. The second-order valence-corrected chi connectivity index (χ2v) is 6.16. The molecule has 3 rings (SSSR count). The Balaban J connectivity index is 1.52. The second kappa shape index (κ2) is 8.58. The van der Waals surface area contributed by atoms with Crippen LogP contribution in [0, 0.1) is 0 Å². The van der Waals surface area contributed by atoms with Crippen molar-refractivity contribution in [1.82, 2.24) is 0 Å². The highest BCUT2D eigenvalue weighted by Crippen LogP contribution is 2.30. The number of rotatable bonds is 7. The zero-order valence-corrected chi connectivity index (χ0v) is 13.9. The van der Waals surface area contributed by atoms with Crippen LogP contribution in [0.3, 0.4) is 0 Å². The van der Waals surface area contributed by atoms with Crippen LogP contribution >= 0.6 is 11.6 Å². The predicted octanol–water partition coefficient (Wildman–Crippen LogP) is 4.09. The van der Waals surface area contributed by atoms with E-state index in [1.54, 1.807) is 0 Å². The number of alkyl halides is 2. The van der Waals surface area contributed by atoms with Gasteiger partial charge in [0.1, 0.15) is 12.2 Å². The molecule has 3 nitrogen and oxygen atoms in total. The van der Waals surface area contributed by atoms with E-state index >= 15 is 0 Å². The van der Waals surface area contributed by atoms with Gasteiger partial charge in [0.25, 0.3) is 0 Å². The molecule has 0 spiro atoms. The minimum Gasteiger partial charge on any atom is -0.374 e. The lowest BCUT2D eigenvalue weighted by Gasteiger charge is -2.20. The average molecular weight is 351 g/mol. The van der Waals surface area contributed by atoms with Crippen LogP contribution in [0.1, 0.15) is 11.1 Å². The highest BCUT2D eigenvalue weighted by Gasteiger charge is 2.45. The SMILES string of the molecule is FC1C(OCc2ccccc2)[C@@H](COCc2ccccc2)O[C@@H]1Cl. The van der Waals surface area contributed by atoms with E-state index in [2.05, 4.69) is 0 Å². The first-order chi connectivity index (χ1) is 11.7. The Kier molecular flexibility index (Phi) is 6.21. The minimum absolute atomic E-state index is 0.234. The highest BCUT2D eigenvalue weighted by atomic mass is 35.5. The Morgan fingerprint density at radius 2 is 1.50 bits per heavy atom. The van der Waals surface area contributed by atoms with Crippen LogP contribution in [0.15, 0.2) is 60.7 Å². The summed E-state index contributed by atoms with van der Waals surface area (Å²) in [6, 6.07) is 19.4. The molecule has 0 N–H and O–H groups in total. The van der Waals surface area contributed by atoms with Crippen molar-refractivity contribution in [3.05, 3.63) is 71.8 Å². The van der Waals surface area contributed by atoms with Crippen molar-refractivity contribution in [1.29, 1.82) is 0 Å². The molecule has 1 saturated heterocycles. The lowest BCUT2D eigenvalue weighted by molar-refractivity contribution is -0.0685. The third-order valence-electron chi connectivity index (χ3n) is 3.91. The number of hydrogen-bond donors (Lipinski definition) is 0. The summed E-state index contributed by atoms with van der Waals surface area (Å²) in [5.41, 5.74) is 1.03. The van der Waals surface area contributed by atoms with Crippen molar-refractivity contribution in [2.75, 3.05) is 6.61 Å². The van der Waals surface area contributed by atoms with Crippen LogP contribution in [0.2, 0.25) is 0 Å². The standard InChI is InChI=1S/C19H20ClFO3/c20-19-17(21)18(23-12-15-9-5-2-6-10-15)16(24-19)13-22-11-14-7-3-1-4-8-14/h1-10,16-19H,11-13H2/t16-,17?,18?,19+/m1/s1. The summed E-state index contributed by atoms with van der Waals surface area (Å²) in [7, 11) is 0. The Morgan fingerprint density at radius 3 is 2.12 bits per heavy atom. The molecule has 1 aliphatic rings. The largest absolute Gasteiger partial charge is 0.374 e.